The largest absolute Gasteiger partial charge is 0.365 e. The second-order valence-electron chi connectivity index (χ2n) is 4.19. The van der Waals surface area contributed by atoms with Crippen molar-refractivity contribution in [2.24, 2.45) is 0 Å². The highest BCUT2D eigenvalue weighted by Gasteiger charge is 2.18. The summed E-state index contributed by atoms with van der Waals surface area (Å²) in [5.41, 5.74) is 2.76. The van der Waals surface area contributed by atoms with Gasteiger partial charge < -0.3 is 9.80 Å². The molecule has 1 aromatic rings. The molecule has 0 atom stereocenters. The Morgan fingerprint density at radius 2 is 2.07 bits per heavy atom. The van der Waals surface area contributed by atoms with Gasteiger partial charge in [-0.15, -0.1) is 0 Å². The molecule has 2 heteroatoms. The molecule has 2 rings (SSSR count). The molecule has 0 unspecified atom stereocenters. The Hall–Kier alpha value is -1.44. The first kappa shape index (κ1) is 10.1. The topological polar surface area (TPSA) is 6.48 Å². The third-order valence-corrected chi connectivity index (χ3v) is 2.94. The van der Waals surface area contributed by atoms with E-state index in [9.17, 15) is 0 Å². The summed E-state index contributed by atoms with van der Waals surface area (Å²) in [6.07, 6.45) is 2.40. The number of hydrogen-bond acceptors (Lipinski definition) is 2. The van der Waals surface area contributed by atoms with Gasteiger partial charge in [0.15, 0.2) is 0 Å². The van der Waals surface area contributed by atoms with Crippen LogP contribution in [-0.4, -0.2) is 25.5 Å². The van der Waals surface area contributed by atoms with Gasteiger partial charge in [-0.25, -0.2) is 0 Å². The lowest BCUT2D eigenvalue weighted by Crippen LogP contribution is -2.34. The summed E-state index contributed by atoms with van der Waals surface area (Å²) in [6.45, 7) is 5.21. The average Bonchev–Trinajstić information content (AvgIpc) is 2.27. The molecule has 0 saturated heterocycles. The van der Waals surface area contributed by atoms with E-state index in [1.54, 1.807) is 0 Å². The van der Waals surface area contributed by atoms with E-state index in [0.717, 1.165) is 12.4 Å². The van der Waals surface area contributed by atoms with Gasteiger partial charge in [0.05, 0.1) is 0 Å². The van der Waals surface area contributed by atoms with Crippen LogP contribution in [0.15, 0.2) is 36.7 Å². The number of fused-ring (bicyclic) bond motifs is 1. The first-order valence-electron chi connectivity index (χ1n) is 5.42. The molecule has 2 nitrogen and oxygen atoms in total. The molecular formula is C13H18N2. The number of rotatable bonds is 2. The molecule has 0 bridgehead atoms. The second kappa shape index (κ2) is 3.97. The Labute approximate surface area is 91.8 Å². The van der Waals surface area contributed by atoms with Crippen LogP contribution in [0.4, 0.5) is 5.69 Å². The van der Waals surface area contributed by atoms with Crippen molar-refractivity contribution in [2.45, 2.75) is 12.8 Å². The van der Waals surface area contributed by atoms with E-state index in [2.05, 4.69) is 40.6 Å². The highest BCUT2D eigenvalue weighted by Crippen LogP contribution is 2.29. The molecular weight excluding hydrogens is 184 g/mol. The quantitative estimate of drug-likeness (QED) is 0.727. The number of hydrogen-bond donors (Lipinski definition) is 0. The lowest BCUT2D eigenvalue weighted by atomic mass is 10.0. The van der Waals surface area contributed by atoms with Gasteiger partial charge in [-0.3, -0.25) is 0 Å². The van der Waals surface area contributed by atoms with Crippen molar-refractivity contribution < 1.29 is 0 Å². The number of anilines is 1. The summed E-state index contributed by atoms with van der Waals surface area (Å²) in [6, 6.07) is 8.61. The molecule has 0 N–H and O–H groups in total. The summed E-state index contributed by atoms with van der Waals surface area (Å²) < 4.78 is 0. The van der Waals surface area contributed by atoms with Crippen LogP contribution in [0, 0.1) is 0 Å². The molecule has 80 valence electrons. The van der Waals surface area contributed by atoms with Crippen LogP contribution in [-0.2, 0) is 6.42 Å². The van der Waals surface area contributed by atoms with E-state index >= 15 is 0 Å². The molecule has 0 fully saturated rings. The van der Waals surface area contributed by atoms with Crippen LogP contribution in [0.1, 0.15) is 12.0 Å². The fourth-order valence-corrected chi connectivity index (χ4v) is 2.04. The first-order valence-corrected chi connectivity index (χ1v) is 5.42. The van der Waals surface area contributed by atoms with Crippen molar-refractivity contribution >= 4 is 5.69 Å². The molecule has 1 aliphatic rings. The third-order valence-electron chi connectivity index (χ3n) is 2.94. The van der Waals surface area contributed by atoms with Gasteiger partial charge in [-0.1, -0.05) is 24.8 Å². The van der Waals surface area contributed by atoms with Crippen LogP contribution >= 0.6 is 0 Å². The van der Waals surface area contributed by atoms with E-state index in [4.69, 9.17) is 0 Å². The zero-order chi connectivity index (χ0) is 10.8. The molecule has 0 radical (unpaired) electrons. The SMILES string of the molecule is C=C(N(C)C)N1CCCc2ccccc21. The summed E-state index contributed by atoms with van der Waals surface area (Å²) in [5.74, 6) is 1.07. The maximum absolute atomic E-state index is 4.13. The highest BCUT2D eigenvalue weighted by molar-refractivity contribution is 5.58. The van der Waals surface area contributed by atoms with E-state index in [0.29, 0.717) is 0 Å². The molecule has 0 amide bonds. The van der Waals surface area contributed by atoms with Gasteiger partial charge in [0.2, 0.25) is 0 Å². The third kappa shape index (κ3) is 1.84. The van der Waals surface area contributed by atoms with Crippen LogP contribution in [0.3, 0.4) is 0 Å². The van der Waals surface area contributed by atoms with Gasteiger partial charge in [0.1, 0.15) is 5.82 Å². The Bertz CT molecular complexity index is 369. The Balaban J connectivity index is 2.34. The van der Waals surface area contributed by atoms with Crippen molar-refractivity contribution in [3.63, 3.8) is 0 Å². The van der Waals surface area contributed by atoms with Crippen molar-refractivity contribution in [3.8, 4) is 0 Å². The van der Waals surface area contributed by atoms with E-state index in [1.165, 1.54) is 24.1 Å². The number of aryl methyl sites for hydroxylation is 1. The lowest BCUT2D eigenvalue weighted by Gasteiger charge is -2.35. The molecule has 0 aliphatic carbocycles. The first-order chi connectivity index (χ1) is 7.20. The van der Waals surface area contributed by atoms with Gasteiger partial charge in [0.25, 0.3) is 0 Å². The summed E-state index contributed by atoms with van der Waals surface area (Å²) in [5, 5.41) is 0. The van der Waals surface area contributed by atoms with Crippen molar-refractivity contribution in [3.05, 3.63) is 42.2 Å². The Morgan fingerprint density at radius 3 is 2.80 bits per heavy atom. The average molecular weight is 202 g/mol. The highest BCUT2D eigenvalue weighted by atomic mass is 15.3. The second-order valence-corrected chi connectivity index (χ2v) is 4.19. The number of para-hydroxylation sites is 1. The van der Waals surface area contributed by atoms with Crippen LogP contribution in [0.2, 0.25) is 0 Å². The molecule has 0 aromatic heterocycles. The molecule has 1 aromatic carbocycles. The fourth-order valence-electron chi connectivity index (χ4n) is 2.04. The molecule has 1 aliphatic heterocycles. The van der Waals surface area contributed by atoms with Crippen molar-refractivity contribution in [1.82, 2.24) is 4.90 Å². The minimum atomic E-state index is 1.07. The number of nitrogens with zero attached hydrogens (tertiary/aromatic N) is 2. The van der Waals surface area contributed by atoms with E-state index in [1.807, 2.05) is 14.1 Å². The smallest absolute Gasteiger partial charge is 0.100 e. The molecule has 0 spiro atoms. The summed E-state index contributed by atoms with van der Waals surface area (Å²) in [7, 11) is 4.08. The summed E-state index contributed by atoms with van der Waals surface area (Å²) >= 11 is 0. The van der Waals surface area contributed by atoms with Gasteiger partial charge in [-0.05, 0) is 24.5 Å². The van der Waals surface area contributed by atoms with Gasteiger partial charge >= 0.3 is 0 Å². The van der Waals surface area contributed by atoms with Crippen molar-refractivity contribution in [1.29, 1.82) is 0 Å². The standard InChI is InChI=1S/C13H18N2/c1-11(14(2)3)15-10-6-8-12-7-4-5-9-13(12)15/h4-5,7,9H,1,6,8,10H2,2-3H3. The predicted molar refractivity (Wildman–Crippen MR) is 64.9 cm³/mol. The Kier molecular flexibility index (Phi) is 2.67. The van der Waals surface area contributed by atoms with Gasteiger partial charge in [0, 0.05) is 26.3 Å². The molecule has 0 saturated carbocycles. The molecule has 1 heterocycles. The summed E-state index contributed by atoms with van der Waals surface area (Å²) in [4.78, 5) is 4.38. The van der Waals surface area contributed by atoms with Crippen LogP contribution < -0.4 is 4.90 Å². The maximum atomic E-state index is 4.13. The maximum Gasteiger partial charge on any atom is 0.100 e. The zero-order valence-electron chi connectivity index (χ0n) is 9.53. The lowest BCUT2D eigenvalue weighted by molar-refractivity contribution is 0.483. The monoisotopic (exact) mass is 202 g/mol. The minimum Gasteiger partial charge on any atom is -0.365 e. The fraction of sp³-hybridized carbons (Fsp3) is 0.385. The normalized spacial score (nSPS) is 14.7. The Morgan fingerprint density at radius 1 is 1.33 bits per heavy atom. The van der Waals surface area contributed by atoms with Crippen LogP contribution in [0.5, 0.6) is 0 Å². The number of benzene rings is 1. The predicted octanol–water partition coefficient (Wildman–Crippen LogP) is 2.47. The van der Waals surface area contributed by atoms with Gasteiger partial charge in [-0.2, -0.15) is 0 Å². The van der Waals surface area contributed by atoms with E-state index < -0.39 is 0 Å². The zero-order valence-corrected chi connectivity index (χ0v) is 9.53. The van der Waals surface area contributed by atoms with Crippen LogP contribution in [0.25, 0.3) is 0 Å². The molecule has 15 heavy (non-hydrogen) atoms. The van der Waals surface area contributed by atoms with Crippen molar-refractivity contribution in [2.75, 3.05) is 25.5 Å². The van der Waals surface area contributed by atoms with E-state index in [-0.39, 0.29) is 0 Å². The minimum absolute atomic E-state index is 1.07.